The smallest absolute Gasteiger partial charge is 0.256 e. The van der Waals surface area contributed by atoms with Crippen molar-refractivity contribution in [1.82, 2.24) is 9.78 Å². The van der Waals surface area contributed by atoms with Crippen LogP contribution in [0.4, 0.5) is 5.82 Å². The molecule has 2 rings (SSSR count). The molecule has 0 radical (unpaired) electrons. The average molecular weight is 254 g/mol. The molecular formula is C14H14N4O. The average Bonchev–Trinajstić information content (AvgIpc) is 2.78. The topological polar surface area (TPSA) is 70.7 Å². The van der Waals surface area contributed by atoms with Crippen molar-refractivity contribution in [2.75, 3.05) is 5.32 Å². The number of amides is 1. The van der Waals surface area contributed by atoms with E-state index in [2.05, 4.69) is 10.4 Å². The molecule has 0 aliphatic heterocycles. The van der Waals surface area contributed by atoms with Crippen LogP contribution in [-0.2, 0) is 6.54 Å². The van der Waals surface area contributed by atoms with Gasteiger partial charge in [0.25, 0.3) is 5.91 Å². The highest BCUT2D eigenvalue weighted by molar-refractivity contribution is 6.04. The van der Waals surface area contributed by atoms with E-state index in [1.165, 1.54) is 0 Å². The van der Waals surface area contributed by atoms with Crippen LogP contribution >= 0.6 is 0 Å². The van der Waals surface area contributed by atoms with E-state index < -0.39 is 0 Å². The Morgan fingerprint density at radius 1 is 1.47 bits per heavy atom. The lowest BCUT2D eigenvalue weighted by Gasteiger charge is -2.06. The first-order valence-electron chi connectivity index (χ1n) is 6.00. The molecule has 5 heteroatoms. The highest BCUT2D eigenvalue weighted by Gasteiger charge is 2.10. The van der Waals surface area contributed by atoms with E-state index in [-0.39, 0.29) is 5.91 Å². The van der Waals surface area contributed by atoms with Crippen LogP contribution in [0, 0.1) is 18.3 Å². The maximum Gasteiger partial charge on any atom is 0.256 e. The lowest BCUT2D eigenvalue weighted by Crippen LogP contribution is -2.15. The second-order valence-corrected chi connectivity index (χ2v) is 4.13. The maximum atomic E-state index is 12.1. The van der Waals surface area contributed by atoms with Crippen molar-refractivity contribution in [3.8, 4) is 6.07 Å². The Morgan fingerprint density at radius 2 is 2.26 bits per heavy atom. The molecule has 0 aliphatic carbocycles. The molecule has 1 aromatic carbocycles. The zero-order valence-electron chi connectivity index (χ0n) is 10.8. The lowest BCUT2D eigenvalue weighted by molar-refractivity contribution is 0.102. The summed E-state index contributed by atoms with van der Waals surface area (Å²) in [7, 11) is 0. The minimum atomic E-state index is -0.244. The predicted octanol–water partition coefficient (Wildman–Crippen LogP) is 2.34. The van der Waals surface area contributed by atoms with Crippen molar-refractivity contribution in [3.05, 3.63) is 47.2 Å². The Balaban J connectivity index is 2.23. The largest absolute Gasteiger partial charge is 0.307 e. The van der Waals surface area contributed by atoms with E-state index in [1.54, 1.807) is 28.9 Å². The van der Waals surface area contributed by atoms with Crippen molar-refractivity contribution in [2.24, 2.45) is 0 Å². The molecule has 0 aliphatic rings. The van der Waals surface area contributed by atoms with Gasteiger partial charge < -0.3 is 5.32 Å². The number of nitrogens with one attached hydrogen (secondary N) is 1. The number of anilines is 1. The molecule has 0 atom stereocenters. The van der Waals surface area contributed by atoms with Crippen LogP contribution in [0.3, 0.4) is 0 Å². The normalized spacial score (nSPS) is 9.95. The SMILES string of the molecule is CCn1nc(C)cc1NC(=O)c1cccc(C#N)c1. The second kappa shape index (κ2) is 5.36. The van der Waals surface area contributed by atoms with Gasteiger partial charge in [0.05, 0.1) is 17.3 Å². The Hall–Kier alpha value is -2.61. The van der Waals surface area contributed by atoms with Gasteiger partial charge in [-0.25, -0.2) is 4.68 Å². The number of aromatic nitrogens is 2. The number of benzene rings is 1. The molecule has 0 spiro atoms. The summed E-state index contributed by atoms with van der Waals surface area (Å²) in [5.74, 6) is 0.416. The fourth-order valence-electron chi connectivity index (χ4n) is 1.81. The fraction of sp³-hybridized carbons (Fsp3) is 0.214. The van der Waals surface area contributed by atoms with Gasteiger partial charge in [0.2, 0.25) is 0 Å². The van der Waals surface area contributed by atoms with E-state index in [4.69, 9.17) is 5.26 Å². The van der Waals surface area contributed by atoms with Crippen molar-refractivity contribution in [3.63, 3.8) is 0 Å². The Labute approximate surface area is 111 Å². The first kappa shape index (κ1) is 12.8. The van der Waals surface area contributed by atoms with Crippen LogP contribution in [0.25, 0.3) is 0 Å². The second-order valence-electron chi connectivity index (χ2n) is 4.13. The Bertz CT molecular complexity index is 652. The summed E-state index contributed by atoms with van der Waals surface area (Å²) in [5.41, 5.74) is 1.77. The van der Waals surface area contributed by atoms with Gasteiger partial charge in [-0.05, 0) is 32.0 Å². The summed E-state index contributed by atoms with van der Waals surface area (Å²) < 4.78 is 1.72. The van der Waals surface area contributed by atoms with Crippen LogP contribution in [-0.4, -0.2) is 15.7 Å². The molecule has 96 valence electrons. The van der Waals surface area contributed by atoms with Crippen LogP contribution in [0.15, 0.2) is 30.3 Å². The molecule has 5 nitrogen and oxygen atoms in total. The predicted molar refractivity (Wildman–Crippen MR) is 71.7 cm³/mol. The first-order chi connectivity index (χ1) is 9.13. The van der Waals surface area contributed by atoms with E-state index >= 15 is 0 Å². The molecule has 0 unspecified atom stereocenters. The number of hydrogen-bond donors (Lipinski definition) is 1. The van der Waals surface area contributed by atoms with Crippen LogP contribution in [0.5, 0.6) is 0 Å². The minimum absolute atomic E-state index is 0.244. The number of hydrogen-bond acceptors (Lipinski definition) is 3. The monoisotopic (exact) mass is 254 g/mol. The van der Waals surface area contributed by atoms with Crippen molar-refractivity contribution in [1.29, 1.82) is 5.26 Å². The molecule has 1 amide bonds. The third-order valence-electron chi connectivity index (χ3n) is 2.70. The number of carbonyl (C=O) groups is 1. The van der Waals surface area contributed by atoms with Gasteiger partial charge in [0.15, 0.2) is 0 Å². The number of aryl methyl sites for hydroxylation is 2. The summed E-state index contributed by atoms with van der Waals surface area (Å²) in [6, 6.07) is 10.4. The third-order valence-corrected chi connectivity index (χ3v) is 2.70. The molecule has 1 aromatic heterocycles. The van der Waals surface area contributed by atoms with Gasteiger partial charge in [-0.3, -0.25) is 4.79 Å². The lowest BCUT2D eigenvalue weighted by atomic mass is 10.1. The first-order valence-corrected chi connectivity index (χ1v) is 6.00. The van der Waals surface area contributed by atoms with E-state index in [1.807, 2.05) is 26.0 Å². The summed E-state index contributed by atoms with van der Waals surface area (Å²) in [6.45, 7) is 4.51. The highest BCUT2D eigenvalue weighted by Crippen LogP contribution is 2.12. The summed E-state index contributed by atoms with van der Waals surface area (Å²) in [6.07, 6.45) is 0. The molecule has 1 heterocycles. The summed E-state index contributed by atoms with van der Waals surface area (Å²) >= 11 is 0. The summed E-state index contributed by atoms with van der Waals surface area (Å²) in [4.78, 5) is 12.1. The zero-order valence-corrected chi connectivity index (χ0v) is 10.8. The van der Waals surface area contributed by atoms with Crippen LogP contribution in [0.1, 0.15) is 28.5 Å². The molecule has 19 heavy (non-hydrogen) atoms. The Morgan fingerprint density at radius 3 is 2.95 bits per heavy atom. The van der Waals surface area contributed by atoms with E-state index in [0.29, 0.717) is 23.5 Å². The van der Waals surface area contributed by atoms with E-state index in [9.17, 15) is 4.79 Å². The zero-order chi connectivity index (χ0) is 13.8. The van der Waals surface area contributed by atoms with Gasteiger partial charge in [-0.2, -0.15) is 10.4 Å². The minimum Gasteiger partial charge on any atom is -0.307 e. The van der Waals surface area contributed by atoms with Crippen molar-refractivity contribution in [2.45, 2.75) is 20.4 Å². The number of rotatable bonds is 3. The van der Waals surface area contributed by atoms with Crippen LogP contribution in [0.2, 0.25) is 0 Å². The quantitative estimate of drug-likeness (QED) is 0.913. The molecular weight excluding hydrogens is 240 g/mol. The molecule has 2 aromatic rings. The van der Waals surface area contributed by atoms with Crippen LogP contribution < -0.4 is 5.32 Å². The molecule has 0 fully saturated rings. The van der Waals surface area contributed by atoms with Crippen molar-refractivity contribution < 1.29 is 4.79 Å². The van der Waals surface area contributed by atoms with Gasteiger partial charge >= 0.3 is 0 Å². The number of nitrogens with zero attached hydrogens (tertiary/aromatic N) is 3. The maximum absolute atomic E-state index is 12.1. The third kappa shape index (κ3) is 2.80. The molecule has 1 N–H and O–H groups in total. The van der Waals surface area contributed by atoms with Gasteiger partial charge in [-0.1, -0.05) is 6.07 Å². The highest BCUT2D eigenvalue weighted by atomic mass is 16.1. The molecule has 0 saturated heterocycles. The summed E-state index contributed by atoms with van der Waals surface area (Å²) in [5, 5.41) is 15.9. The molecule has 0 saturated carbocycles. The van der Waals surface area contributed by atoms with E-state index in [0.717, 1.165) is 5.69 Å². The standard InChI is InChI=1S/C14H14N4O/c1-3-18-13(7-10(2)17-18)16-14(19)12-6-4-5-11(8-12)9-15/h4-8H,3H2,1-2H3,(H,16,19). The van der Waals surface area contributed by atoms with Gasteiger partial charge in [0, 0.05) is 18.2 Å². The number of carbonyl (C=O) groups excluding carboxylic acids is 1. The van der Waals surface area contributed by atoms with Crippen molar-refractivity contribution >= 4 is 11.7 Å². The number of nitriles is 1. The van der Waals surface area contributed by atoms with Gasteiger partial charge in [0.1, 0.15) is 5.82 Å². The van der Waals surface area contributed by atoms with Gasteiger partial charge in [-0.15, -0.1) is 0 Å². The molecule has 0 bridgehead atoms. The fourth-order valence-corrected chi connectivity index (χ4v) is 1.81. The Kier molecular flexibility index (Phi) is 3.62.